The highest BCUT2D eigenvalue weighted by Crippen LogP contribution is 2.59. The lowest BCUT2D eigenvalue weighted by molar-refractivity contribution is -0.118. The van der Waals surface area contributed by atoms with Gasteiger partial charge in [-0.05, 0) is 97.6 Å². The second kappa shape index (κ2) is 13.3. The van der Waals surface area contributed by atoms with E-state index in [9.17, 15) is 27.6 Å². The Hall–Kier alpha value is -5.04. The van der Waals surface area contributed by atoms with Crippen LogP contribution in [0.5, 0.6) is 0 Å². The average Bonchev–Trinajstić information content (AvgIpc) is 3.54. The summed E-state index contributed by atoms with van der Waals surface area (Å²) in [4.78, 5) is 59.9. The van der Waals surface area contributed by atoms with Crippen molar-refractivity contribution < 1.29 is 27.6 Å². The molecule has 13 heteroatoms. The van der Waals surface area contributed by atoms with Crippen molar-refractivity contribution in [2.75, 3.05) is 18.4 Å². The lowest BCUT2D eigenvalue weighted by Gasteiger charge is -2.56. The van der Waals surface area contributed by atoms with Gasteiger partial charge in [-0.3, -0.25) is 19.2 Å². The van der Waals surface area contributed by atoms with E-state index in [-0.39, 0.29) is 39.6 Å². The van der Waals surface area contributed by atoms with Crippen LogP contribution in [0.15, 0.2) is 78.0 Å². The Kier molecular flexibility index (Phi) is 8.93. The Morgan fingerprint density at radius 3 is 2.20 bits per heavy atom. The molecule has 260 valence electrons. The number of sulfonamides is 1. The highest BCUT2D eigenvalue weighted by atomic mass is 32.2. The molecule has 4 aliphatic rings. The molecule has 1 atom stereocenters. The molecule has 4 aliphatic carbocycles. The summed E-state index contributed by atoms with van der Waals surface area (Å²) in [6.45, 7) is 1.56. The number of carbonyl (C=O) groups excluding carboxylic acids is 4. The van der Waals surface area contributed by atoms with Crippen molar-refractivity contribution >= 4 is 50.4 Å². The second-order valence-electron chi connectivity index (χ2n) is 14.3. The van der Waals surface area contributed by atoms with Crippen LogP contribution in [0.3, 0.4) is 0 Å². The molecular formula is C37H40N6O6S. The molecule has 5 N–H and O–H groups in total. The Labute approximate surface area is 290 Å². The van der Waals surface area contributed by atoms with Gasteiger partial charge >= 0.3 is 0 Å². The molecule has 4 bridgehead atoms. The lowest BCUT2D eigenvalue weighted by atomic mass is 9.49. The van der Waals surface area contributed by atoms with Gasteiger partial charge in [0.2, 0.25) is 11.8 Å². The Morgan fingerprint density at radius 2 is 1.52 bits per heavy atom. The van der Waals surface area contributed by atoms with Crippen LogP contribution in [-0.4, -0.2) is 55.1 Å². The number of carbonyl (C=O) groups is 4. The van der Waals surface area contributed by atoms with E-state index in [1.54, 1.807) is 42.5 Å². The van der Waals surface area contributed by atoms with Gasteiger partial charge in [0.15, 0.2) is 0 Å². The smallest absolute Gasteiger partial charge is 0.264 e. The van der Waals surface area contributed by atoms with Crippen molar-refractivity contribution in [2.45, 2.75) is 56.3 Å². The van der Waals surface area contributed by atoms with Crippen LogP contribution in [0.2, 0.25) is 0 Å². The number of fused-ring (bicyclic) bond motifs is 1. The summed E-state index contributed by atoms with van der Waals surface area (Å²) in [7, 11) is -4.13. The van der Waals surface area contributed by atoms with Gasteiger partial charge in [-0.1, -0.05) is 36.4 Å². The molecule has 0 radical (unpaired) electrons. The minimum absolute atomic E-state index is 0.120. The van der Waals surface area contributed by atoms with E-state index in [0.29, 0.717) is 23.1 Å². The molecule has 0 saturated heterocycles. The van der Waals surface area contributed by atoms with Crippen LogP contribution in [-0.2, 0) is 19.6 Å². The Morgan fingerprint density at radius 1 is 0.860 bits per heavy atom. The number of aromatic amines is 1. The van der Waals surface area contributed by atoms with Gasteiger partial charge in [-0.2, -0.15) is 0 Å². The molecule has 1 heterocycles. The first-order valence-electron chi connectivity index (χ1n) is 17.0. The maximum Gasteiger partial charge on any atom is 0.264 e. The van der Waals surface area contributed by atoms with Crippen LogP contribution >= 0.6 is 0 Å². The summed E-state index contributed by atoms with van der Waals surface area (Å²) in [6.07, 6.45) is 8.87. The third-order valence-electron chi connectivity index (χ3n) is 10.5. The molecule has 4 amide bonds. The molecule has 4 aromatic rings. The van der Waals surface area contributed by atoms with E-state index in [2.05, 4.69) is 25.9 Å². The quantitative estimate of drug-likeness (QED) is 0.153. The zero-order valence-electron chi connectivity index (χ0n) is 27.7. The molecule has 3 aromatic carbocycles. The number of amides is 4. The van der Waals surface area contributed by atoms with Gasteiger partial charge in [0.25, 0.3) is 21.8 Å². The highest BCUT2D eigenvalue weighted by Gasteiger charge is 2.50. The van der Waals surface area contributed by atoms with Crippen LogP contribution in [0.4, 0.5) is 5.69 Å². The second-order valence-corrected chi connectivity index (χ2v) is 16.0. The van der Waals surface area contributed by atoms with E-state index < -0.39 is 33.7 Å². The number of nitrogens with zero attached hydrogens (tertiary/aromatic N) is 1. The van der Waals surface area contributed by atoms with Crippen LogP contribution < -0.4 is 20.7 Å². The molecule has 4 saturated carbocycles. The van der Waals surface area contributed by atoms with E-state index in [4.69, 9.17) is 0 Å². The standard InChI is InChI=1S/C37H40N6O6S/c1-22(44)43-50(48,49)28-9-5-8-27(13-28)42-36(47)31(26-6-3-2-4-7-26)19-38-34(45)29-14-32-33(41-21-40-32)15-30(29)35(46)39-20-37-16-23-10-24(17-37)12-25(11-23)18-37/h2-9,13-15,21,23-25,31H,10-12,16-20H2,1H3,(H,38,45)(H,39,46)(H,40,41)(H,42,47)(H,43,44). The number of rotatable bonds is 11. The molecule has 1 unspecified atom stereocenters. The Bertz CT molecular complexity index is 2040. The average molecular weight is 697 g/mol. The fourth-order valence-electron chi connectivity index (χ4n) is 8.78. The third-order valence-corrected chi connectivity index (χ3v) is 11.9. The molecule has 4 fully saturated rings. The number of benzene rings is 3. The normalized spacial score (nSPS) is 22.9. The summed E-state index contributed by atoms with van der Waals surface area (Å²) < 4.78 is 27.0. The van der Waals surface area contributed by atoms with Crippen molar-refractivity contribution in [3.8, 4) is 0 Å². The summed E-state index contributed by atoms with van der Waals surface area (Å²) in [5, 5.41) is 8.80. The van der Waals surface area contributed by atoms with Gasteiger partial charge in [0.1, 0.15) is 0 Å². The first kappa shape index (κ1) is 33.5. The van der Waals surface area contributed by atoms with Crippen LogP contribution in [0.1, 0.15) is 77.6 Å². The minimum Gasteiger partial charge on any atom is -0.351 e. The molecular weight excluding hydrogens is 657 g/mol. The van der Waals surface area contributed by atoms with Crippen molar-refractivity contribution in [1.29, 1.82) is 0 Å². The maximum atomic E-state index is 13.9. The molecule has 1 aromatic heterocycles. The topological polar surface area (TPSA) is 179 Å². The molecule has 12 nitrogen and oxygen atoms in total. The molecule has 8 rings (SSSR count). The van der Waals surface area contributed by atoms with Crippen LogP contribution in [0.25, 0.3) is 11.0 Å². The fraction of sp³-hybridized carbons (Fsp3) is 0.378. The summed E-state index contributed by atoms with van der Waals surface area (Å²) in [5.41, 5.74) is 2.45. The number of hydrogen-bond acceptors (Lipinski definition) is 7. The summed E-state index contributed by atoms with van der Waals surface area (Å²) in [5.74, 6) is -0.737. The van der Waals surface area contributed by atoms with Gasteiger partial charge in [-0.25, -0.2) is 18.1 Å². The van der Waals surface area contributed by atoms with Gasteiger partial charge in [0.05, 0.1) is 39.3 Å². The summed E-state index contributed by atoms with van der Waals surface area (Å²) in [6, 6.07) is 17.6. The van der Waals surface area contributed by atoms with E-state index >= 15 is 0 Å². The molecule has 0 aliphatic heterocycles. The molecule has 50 heavy (non-hydrogen) atoms. The van der Waals surface area contributed by atoms with Gasteiger partial charge < -0.3 is 20.9 Å². The fourth-order valence-corrected chi connectivity index (χ4v) is 9.82. The van der Waals surface area contributed by atoms with Crippen molar-refractivity contribution in [3.63, 3.8) is 0 Å². The number of aromatic nitrogens is 2. The lowest BCUT2D eigenvalue weighted by Crippen LogP contribution is -2.51. The van der Waals surface area contributed by atoms with Crippen LogP contribution in [0, 0.1) is 23.2 Å². The number of hydrogen-bond donors (Lipinski definition) is 5. The van der Waals surface area contributed by atoms with Gasteiger partial charge in [0, 0.05) is 25.7 Å². The van der Waals surface area contributed by atoms with E-state index in [1.807, 2.05) is 4.72 Å². The first-order chi connectivity index (χ1) is 24.0. The Balaban J connectivity index is 1.09. The zero-order chi connectivity index (χ0) is 35.0. The summed E-state index contributed by atoms with van der Waals surface area (Å²) >= 11 is 0. The van der Waals surface area contributed by atoms with E-state index in [0.717, 1.165) is 43.9 Å². The third kappa shape index (κ3) is 7.00. The number of H-pyrrole nitrogens is 1. The predicted octanol–water partition coefficient (Wildman–Crippen LogP) is 4.49. The van der Waals surface area contributed by atoms with Gasteiger partial charge in [-0.15, -0.1) is 0 Å². The SMILES string of the molecule is CC(=O)NS(=O)(=O)c1cccc(NC(=O)C(CNC(=O)c2cc3nc[nH]c3cc2C(=O)NCC23CC4CC(CC(C4)C2)C3)c2ccccc2)c1. The zero-order valence-corrected chi connectivity index (χ0v) is 28.5. The predicted molar refractivity (Wildman–Crippen MR) is 187 cm³/mol. The maximum absolute atomic E-state index is 13.9. The number of nitrogens with one attached hydrogen (secondary N) is 5. The highest BCUT2D eigenvalue weighted by molar-refractivity contribution is 7.90. The van der Waals surface area contributed by atoms with Crippen molar-refractivity contribution in [3.05, 3.63) is 89.7 Å². The molecule has 0 spiro atoms. The van der Waals surface area contributed by atoms with Crippen molar-refractivity contribution in [1.82, 2.24) is 25.3 Å². The minimum atomic E-state index is -4.13. The van der Waals surface area contributed by atoms with Crippen molar-refractivity contribution in [2.24, 2.45) is 23.2 Å². The van der Waals surface area contributed by atoms with E-state index in [1.165, 1.54) is 49.9 Å². The monoisotopic (exact) mass is 696 g/mol. The number of anilines is 1. The first-order valence-corrected chi connectivity index (χ1v) is 18.5. The largest absolute Gasteiger partial charge is 0.351 e. The number of imidazole rings is 1.